The molecule has 1 aromatic heterocycles. The monoisotopic (exact) mass is 174 g/mol. The maximum absolute atomic E-state index is 12.1. The number of rotatable bonds is 1. The molecule has 0 aliphatic carbocycles. The van der Waals surface area contributed by atoms with E-state index < -0.39 is 17.9 Å². The normalized spacial score (nSPS) is 10.7. The number of nitrogens with zero attached hydrogens (tertiary/aromatic N) is 1. The van der Waals surface area contributed by atoms with E-state index in [9.17, 15) is 8.78 Å². The summed E-state index contributed by atoms with van der Waals surface area (Å²) in [7, 11) is 0. The van der Waals surface area contributed by atoms with Gasteiger partial charge in [-0.15, -0.1) is 0 Å². The standard InChI is InChI=1S/C7H8F2N2O/c1-3-2-4(10)6(12)5(11-3)7(8)9/h2,7,12H,1H3,(H2,10,11). The van der Waals surface area contributed by atoms with Crippen molar-refractivity contribution in [2.75, 3.05) is 5.73 Å². The topological polar surface area (TPSA) is 59.1 Å². The van der Waals surface area contributed by atoms with Gasteiger partial charge in [0.1, 0.15) is 0 Å². The average Bonchev–Trinajstić information content (AvgIpc) is 1.96. The number of hydrogen-bond donors (Lipinski definition) is 2. The minimum atomic E-state index is -2.80. The van der Waals surface area contributed by atoms with E-state index in [1.54, 1.807) is 0 Å². The minimum absolute atomic E-state index is 0.0715. The lowest BCUT2D eigenvalue weighted by molar-refractivity contribution is 0.142. The number of aromatic hydroxyl groups is 1. The molecule has 0 aliphatic heterocycles. The molecule has 0 bridgehead atoms. The second kappa shape index (κ2) is 2.92. The van der Waals surface area contributed by atoms with E-state index in [1.807, 2.05) is 0 Å². The lowest BCUT2D eigenvalue weighted by atomic mass is 10.2. The summed E-state index contributed by atoms with van der Waals surface area (Å²) in [6.07, 6.45) is -2.80. The zero-order chi connectivity index (χ0) is 9.30. The largest absolute Gasteiger partial charge is 0.504 e. The summed E-state index contributed by atoms with van der Waals surface area (Å²) in [5.41, 5.74) is 4.87. The van der Waals surface area contributed by atoms with E-state index in [1.165, 1.54) is 13.0 Å². The fourth-order valence-corrected chi connectivity index (χ4v) is 0.869. The molecule has 0 saturated carbocycles. The maximum atomic E-state index is 12.1. The van der Waals surface area contributed by atoms with Crippen molar-refractivity contribution in [3.8, 4) is 5.75 Å². The number of anilines is 1. The molecule has 66 valence electrons. The highest BCUT2D eigenvalue weighted by Crippen LogP contribution is 2.31. The van der Waals surface area contributed by atoms with Crippen molar-refractivity contribution in [2.45, 2.75) is 13.3 Å². The van der Waals surface area contributed by atoms with Crippen LogP contribution in [-0.4, -0.2) is 10.1 Å². The molecule has 3 nitrogen and oxygen atoms in total. The number of aromatic nitrogens is 1. The Morgan fingerprint density at radius 1 is 1.58 bits per heavy atom. The first-order valence-electron chi connectivity index (χ1n) is 3.26. The van der Waals surface area contributed by atoms with Crippen LogP contribution in [0.3, 0.4) is 0 Å². The number of aryl methyl sites for hydroxylation is 1. The van der Waals surface area contributed by atoms with E-state index in [0.717, 1.165) is 0 Å². The van der Waals surface area contributed by atoms with Crippen LogP contribution in [0.25, 0.3) is 0 Å². The first-order valence-corrected chi connectivity index (χ1v) is 3.26. The molecular formula is C7H8F2N2O. The van der Waals surface area contributed by atoms with Crippen LogP contribution in [0, 0.1) is 6.92 Å². The van der Waals surface area contributed by atoms with Crippen LogP contribution in [0.4, 0.5) is 14.5 Å². The molecular weight excluding hydrogens is 166 g/mol. The van der Waals surface area contributed by atoms with Gasteiger partial charge in [-0.1, -0.05) is 0 Å². The number of nitrogen functional groups attached to an aromatic ring is 1. The van der Waals surface area contributed by atoms with Crippen LogP contribution in [-0.2, 0) is 0 Å². The summed E-state index contributed by atoms with van der Waals surface area (Å²) in [6, 6.07) is 1.33. The Bertz CT molecular complexity index is 302. The SMILES string of the molecule is Cc1cc(N)c(O)c(C(F)F)n1. The van der Waals surface area contributed by atoms with Crippen molar-refractivity contribution in [3.63, 3.8) is 0 Å². The molecule has 3 N–H and O–H groups in total. The van der Waals surface area contributed by atoms with Gasteiger partial charge in [0.25, 0.3) is 6.43 Å². The predicted octanol–water partition coefficient (Wildman–Crippen LogP) is 1.62. The zero-order valence-electron chi connectivity index (χ0n) is 6.38. The number of pyridine rings is 1. The fourth-order valence-electron chi connectivity index (χ4n) is 0.869. The highest BCUT2D eigenvalue weighted by molar-refractivity contribution is 5.54. The van der Waals surface area contributed by atoms with Gasteiger partial charge in [-0.05, 0) is 13.0 Å². The summed E-state index contributed by atoms with van der Waals surface area (Å²) in [4.78, 5) is 3.45. The summed E-state index contributed by atoms with van der Waals surface area (Å²) >= 11 is 0. The van der Waals surface area contributed by atoms with Crippen molar-refractivity contribution in [1.29, 1.82) is 0 Å². The van der Waals surface area contributed by atoms with Crippen LogP contribution < -0.4 is 5.73 Å². The molecule has 1 rings (SSSR count). The Balaban J connectivity index is 3.28. The number of alkyl halides is 2. The third kappa shape index (κ3) is 1.44. The van der Waals surface area contributed by atoms with Crippen LogP contribution in [0.1, 0.15) is 17.8 Å². The van der Waals surface area contributed by atoms with Gasteiger partial charge < -0.3 is 10.8 Å². The zero-order valence-corrected chi connectivity index (χ0v) is 6.38. The Morgan fingerprint density at radius 3 is 2.67 bits per heavy atom. The van der Waals surface area contributed by atoms with Gasteiger partial charge in [0.2, 0.25) is 0 Å². The summed E-state index contributed by atoms with van der Waals surface area (Å²) < 4.78 is 24.2. The highest BCUT2D eigenvalue weighted by atomic mass is 19.3. The van der Waals surface area contributed by atoms with Crippen LogP contribution in [0.2, 0.25) is 0 Å². The van der Waals surface area contributed by atoms with Crippen molar-refractivity contribution >= 4 is 5.69 Å². The molecule has 1 heterocycles. The van der Waals surface area contributed by atoms with Crippen molar-refractivity contribution in [1.82, 2.24) is 4.98 Å². The Hall–Kier alpha value is -1.39. The average molecular weight is 174 g/mol. The number of halogens is 2. The van der Waals surface area contributed by atoms with E-state index in [0.29, 0.717) is 5.69 Å². The second-order valence-electron chi connectivity index (χ2n) is 2.39. The fraction of sp³-hybridized carbons (Fsp3) is 0.286. The van der Waals surface area contributed by atoms with E-state index in [2.05, 4.69) is 4.98 Å². The summed E-state index contributed by atoms with van der Waals surface area (Å²) in [6.45, 7) is 1.53. The van der Waals surface area contributed by atoms with Crippen LogP contribution >= 0.6 is 0 Å². The van der Waals surface area contributed by atoms with Crippen molar-refractivity contribution in [3.05, 3.63) is 17.5 Å². The first-order chi connectivity index (χ1) is 5.52. The highest BCUT2D eigenvalue weighted by Gasteiger charge is 2.16. The molecule has 0 saturated heterocycles. The maximum Gasteiger partial charge on any atom is 0.284 e. The molecule has 1 aromatic rings. The quantitative estimate of drug-likeness (QED) is 0.680. The number of hydrogen-bond acceptors (Lipinski definition) is 3. The molecule has 5 heteroatoms. The van der Waals surface area contributed by atoms with Crippen LogP contribution in [0.5, 0.6) is 5.75 Å². The van der Waals surface area contributed by atoms with Crippen LogP contribution in [0.15, 0.2) is 6.07 Å². The predicted molar refractivity (Wildman–Crippen MR) is 40.0 cm³/mol. The molecule has 0 aromatic carbocycles. The molecule has 0 fully saturated rings. The van der Waals surface area contributed by atoms with Crippen molar-refractivity contribution < 1.29 is 13.9 Å². The Morgan fingerprint density at radius 2 is 2.17 bits per heavy atom. The summed E-state index contributed by atoms with van der Waals surface area (Å²) in [5, 5.41) is 9.02. The van der Waals surface area contributed by atoms with Gasteiger partial charge in [0.05, 0.1) is 5.69 Å². The summed E-state index contributed by atoms with van der Waals surface area (Å²) in [5.74, 6) is -0.629. The third-order valence-electron chi connectivity index (χ3n) is 1.38. The Kier molecular flexibility index (Phi) is 2.12. The van der Waals surface area contributed by atoms with Gasteiger partial charge in [-0.3, -0.25) is 0 Å². The first kappa shape index (κ1) is 8.70. The molecule has 0 spiro atoms. The number of nitrogens with two attached hydrogens (primary N) is 1. The van der Waals surface area contributed by atoms with Gasteiger partial charge in [0.15, 0.2) is 11.4 Å². The molecule has 0 radical (unpaired) electrons. The van der Waals surface area contributed by atoms with Crippen molar-refractivity contribution in [2.24, 2.45) is 0 Å². The smallest absolute Gasteiger partial charge is 0.284 e. The van der Waals surface area contributed by atoms with E-state index >= 15 is 0 Å². The lowest BCUT2D eigenvalue weighted by Gasteiger charge is -2.05. The molecule has 0 atom stereocenters. The third-order valence-corrected chi connectivity index (χ3v) is 1.38. The molecule has 0 amide bonds. The van der Waals surface area contributed by atoms with E-state index in [4.69, 9.17) is 10.8 Å². The lowest BCUT2D eigenvalue weighted by Crippen LogP contribution is -1.97. The minimum Gasteiger partial charge on any atom is -0.504 e. The van der Waals surface area contributed by atoms with Gasteiger partial charge in [-0.2, -0.15) is 0 Å². The second-order valence-corrected chi connectivity index (χ2v) is 2.39. The molecule has 12 heavy (non-hydrogen) atoms. The molecule has 0 unspecified atom stereocenters. The van der Waals surface area contributed by atoms with Gasteiger partial charge >= 0.3 is 0 Å². The molecule has 0 aliphatic rings. The van der Waals surface area contributed by atoms with Gasteiger partial charge in [0, 0.05) is 5.69 Å². The Labute approximate surface area is 67.8 Å². The van der Waals surface area contributed by atoms with Gasteiger partial charge in [-0.25, -0.2) is 13.8 Å². The van der Waals surface area contributed by atoms with E-state index in [-0.39, 0.29) is 5.69 Å².